The molecule has 0 spiro atoms. The van der Waals surface area contributed by atoms with Crippen LogP contribution >= 0.6 is 17.4 Å². The van der Waals surface area contributed by atoms with E-state index < -0.39 is 12.0 Å². The van der Waals surface area contributed by atoms with E-state index in [1.54, 1.807) is 26.1 Å². The zero-order valence-electron chi connectivity index (χ0n) is 17.0. The van der Waals surface area contributed by atoms with Crippen LogP contribution in [-0.2, 0) is 34.6 Å². The van der Waals surface area contributed by atoms with E-state index in [0.717, 1.165) is 15.7 Å². The third-order valence-corrected chi connectivity index (χ3v) is 5.45. The smallest absolute Gasteiger partial charge is 0.331 e. The van der Waals surface area contributed by atoms with Crippen molar-refractivity contribution in [2.45, 2.75) is 33.2 Å². The van der Waals surface area contributed by atoms with Gasteiger partial charge in [0.1, 0.15) is 6.04 Å². The molecule has 2 aromatic rings. The number of aromatic nitrogens is 2. The lowest BCUT2D eigenvalue weighted by molar-refractivity contribution is -0.138. The Labute approximate surface area is 172 Å². The third-order valence-electron chi connectivity index (χ3n) is 4.78. The molecule has 1 amide bonds. The number of aryl methyl sites for hydroxylation is 1. The Kier molecular flexibility index (Phi) is 7.50. The van der Waals surface area contributed by atoms with E-state index in [1.807, 2.05) is 13.0 Å². The van der Waals surface area contributed by atoms with Gasteiger partial charge in [-0.25, -0.2) is 9.59 Å². The summed E-state index contributed by atoms with van der Waals surface area (Å²) in [5, 5.41) is 2.61. The van der Waals surface area contributed by atoms with Gasteiger partial charge in [-0.15, -0.1) is 0 Å². The summed E-state index contributed by atoms with van der Waals surface area (Å²) in [4.78, 5) is 48.4. The van der Waals surface area contributed by atoms with E-state index in [0.29, 0.717) is 16.8 Å². The van der Waals surface area contributed by atoms with Crippen molar-refractivity contribution >= 4 is 29.3 Å². The highest BCUT2D eigenvalue weighted by Gasteiger charge is 2.22. The second-order valence-corrected chi connectivity index (χ2v) is 7.96. The number of amides is 1. The number of nitrogens with one attached hydrogen (secondary N) is 1. The molecule has 3 atom stereocenters. The molecule has 0 saturated carbocycles. The molecule has 2 rings (SSSR count). The Morgan fingerprint density at radius 2 is 1.86 bits per heavy atom. The first-order valence-corrected chi connectivity index (χ1v) is 11.6. The highest BCUT2D eigenvalue weighted by molar-refractivity contribution is 8.00. The predicted molar refractivity (Wildman–Crippen MR) is 117 cm³/mol. The first-order chi connectivity index (χ1) is 13.6. The maximum atomic E-state index is 12.7. The number of nitrogens with zero attached hydrogens (tertiary/aromatic N) is 2. The van der Waals surface area contributed by atoms with Crippen molar-refractivity contribution in [2.75, 3.05) is 0 Å². The maximum absolute atomic E-state index is 12.7. The minimum atomic E-state index is -0.794. The first kappa shape index (κ1) is 23.0. The summed E-state index contributed by atoms with van der Waals surface area (Å²) < 4.78 is 7.56. The summed E-state index contributed by atoms with van der Waals surface area (Å²) in [6, 6.07) is 4.67. The van der Waals surface area contributed by atoms with Gasteiger partial charge in [-0.1, -0.05) is 27.1 Å². The Morgan fingerprint density at radius 1 is 1.21 bits per heavy atom. The van der Waals surface area contributed by atoms with E-state index in [-0.39, 0.29) is 32.1 Å². The Hall–Kier alpha value is -2.30. The predicted octanol–water partition coefficient (Wildman–Crippen LogP) is 1.34. The van der Waals surface area contributed by atoms with Crippen LogP contribution in [-0.4, -0.2) is 27.1 Å². The lowest BCUT2D eigenvalue weighted by Crippen LogP contribution is -2.41. The second-order valence-electron chi connectivity index (χ2n) is 6.81. The van der Waals surface area contributed by atoms with E-state index in [1.165, 1.54) is 18.5 Å². The molecule has 1 aromatic carbocycles. The van der Waals surface area contributed by atoms with Crippen LogP contribution in [0.2, 0.25) is 0 Å². The summed E-state index contributed by atoms with van der Waals surface area (Å²) in [5.74, 6) is -0.824. The molecule has 0 aliphatic rings. The highest BCUT2D eigenvalue weighted by Crippen LogP contribution is 2.25. The van der Waals surface area contributed by atoms with E-state index in [2.05, 4.69) is 14.2 Å². The minimum absolute atomic E-state index is 0.0908. The van der Waals surface area contributed by atoms with E-state index in [4.69, 9.17) is 4.52 Å². The molecule has 0 aliphatic carbocycles. The van der Waals surface area contributed by atoms with Crippen molar-refractivity contribution < 1.29 is 14.1 Å². The van der Waals surface area contributed by atoms with E-state index in [9.17, 15) is 19.2 Å². The van der Waals surface area contributed by atoms with Crippen molar-refractivity contribution in [2.24, 2.45) is 14.1 Å². The molecule has 3 unspecified atom stereocenters. The first-order valence-electron chi connectivity index (χ1n) is 8.88. The zero-order chi connectivity index (χ0) is 21.9. The fraction of sp³-hybridized carbons (Fsp3) is 0.368. The van der Waals surface area contributed by atoms with Crippen LogP contribution in [0.15, 0.2) is 27.8 Å². The molecular weight excluding hydrogens is 412 g/mol. The second kappa shape index (κ2) is 9.47. The van der Waals surface area contributed by atoms with Crippen LogP contribution in [0.4, 0.5) is 0 Å². The van der Waals surface area contributed by atoms with Crippen molar-refractivity contribution in [3.63, 3.8) is 0 Å². The lowest BCUT2D eigenvalue weighted by atomic mass is 9.95. The van der Waals surface area contributed by atoms with Gasteiger partial charge >= 0.3 is 11.7 Å². The molecule has 0 aliphatic heterocycles. The quantitative estimate of drug-likeness (QED) is 0.688. The molecule has 1 heterocycles. The fourth-order valence-corrected chi connectivity index (χ4v) is 3.80. The molecule has 0 radical (unpaired) electrons. The van der Waals surface area contributed by atoms with Crippen molar-refractivity contribution in [1.82, 2.24) is 14.5 Å². The third kappa shape index (κ3) is 5.01. The summed E-state index contributed by atoms with van der Waals surface area (Å²) in [6.45, 7) is 4.94. The van der Waals surface area contributed by atoms with Crippen LogP contribution in [0.25, 0.3) is 11.1 Å². The lowest BCUT2D eigenvalue weighted by Gasteiger charge is -2.18. The number of hydrogen-bond acceptors (Lipinski definition) is 5. The largest absolute Gasteiger partial charge is 0.443 e. The number of carbonyl (C=O) groups excluding carboxylic acids is 2. The molecule has 10 heteroatoms. The van der Waals surface area contributed by atoms with Crippen LogP contribution in [0.1, 0.15) is 23.7 Å². The van der Waals surface area contributed by atoms with Crippen LogP contribution < -0.4 is 16.6 Å². The van der Waals surface area contributed by atoms with Gasteiger partial charge in [-0.2, -0.15) is 0 Å². The molecule has 0 fully saturated rings. The van der Waals surface area contributed by atoms with Gasteiger partial charge in [0.15, 0.2) is 0 Å². The number of hydrogen-bond donors (Lipinski definition) is 1. The summed E-state index contributed by atoms with van der Waals surface area (Å²) in [7, 11) is 5.31. The Balaban J connectivity index is 2.46. The molecule has 0 bridgehead atoms. The monoisotopic (exact) mass is 437 g/mol. The standard InChI is InChI=1S/C19H25N3O5P2/c1-10-8-13(9-15(20-12(3)23)18(25)27-29-28)6-7-14(10)16-11(2)21(4)19(26)22(5)17(16)24/h6-8,15,29H,9,28H2,1-5H3,(H,20,23). The van der Waals surface area contributed by atoms with Crippen LogP contribution in [0.5, 0.6) is 0 Å². The topological polar surface area (TPSA) is 99.4 Å². The van der Waals surface area contributed by atoms with Crippen molar-refractivity contribution in [3.8, 4) is 11.1 Å². The van der Waals surface area contributed by atoms with Crippen LogP contribution in [0.3, 0.4) is 0 Å². The number of carbonyl (C=O) groups is 2. The Bertz CT molecular complexity index is 1070. The van der Waals surface area contributed by atoms with Gasteiger partial charge in [0.05, 0.1) is 14.1 Å². The average molecular weight is 437 g/mol. The highest BCUT2D eigenvalue weighted by atomic mass is 32.0. The average Bonchev–Trinajstić information content (AvgIpc) is 2.66. The number of benzene rings is 1. The van der Waals surface area contributed by atoms with Gasteiger partial charge in [0.2, 0.25) is 5.91 Å². The van der Waals surface area contributed by atoms with Crippen molar-refractivity contribution in [1.29, 1.82) is 0 Å². The Morgan fingerprint density at radius 3 is 2.41 bits per heavy atom. The summed E-state index contributed by atoms with van der Waals surface area (Å²) >= 11 is 0. The molecule has 29 heavy (non-hydrogen) atoms. The minimum Gasteiger partial charge on any atom is -0.443 e. The van der Waals surface area contributed by atoms with Crippen LogP contribution in [0, 0.1) is 13.8 Å². The van der Waals surface area contributed by atoms with Crippen molar-refractivity contribution in [3.05, 3.63) is 55.9 Å². The fourth-order valence-electron chi connectivity index (χ4n) is 3.19. The zero-order valence-corrected chi connectivity index (χ0v) is 19.2. The normalized spacial score (nSPS) is 12.2. The molecule has 8 nitrogen and oxygen atoms in total. The van der Waals surface area contributed by atoms with Gasteiger partial charge in [0, 0.05) is 33.1 Å². The molecule has 156 valence electrons. The molecule has 0 saturated heterocycles. The van der Waals surface area contributed by atoms with Gasteiger partial charge < -0.3 is 14.4 Å². The molecular formula is C19H25N3O5P2. The number of rotatable bonds is 6. The maximum Gasteiger partial charge on any atom is 0.331 e. The summed E-state index contributed by atoms with van der Waals surface area (Å²) in [5.41, 5.74) is 2.65. The SMILES string of the molecule is CC(=O)NC(Cc1ccc(-c2c(C)n(C)c(=O)n(C)c2=O)c(C)c1)C(=O)OPP. The van der Waals surface area contributed by atoms with Gasteiger partial charge in [-0.3, -0.25) is 14.2 Å². The summed E-state index contributed by atoms with van der Waals surface area (Å²) in [6.07, 6.45) is 0.263. The van der Waals surface area contributed by atoms with Gasteiger partial charge in [-0.05, 0) is 30.5 Å². The van der Waals surface area contributed by atoms with E-state index >= 15 is 0 Å². The molecule has 1 aromatic heterocycles. The van der Waals surface area contributed by atoms with Gasteiger partial charge in [0.25, 0.3) is 5.56 Å². The molecule has 1 N–H and O–H groups in total.